The van der Waals surface area contributed by atoms with Gasteiger partial charge in [-0.05, 0) is 78.9 Å². The van der Waals surface area contributed by atoms with E-state index in [1.54, 1.807) is 30.5 Å². The summed E-state index contributed by atoms with van der Waals surface area (Å²) in [6.45, 7) is 0.311. The van der Waals surface area contributed by atoms with Gasteiger partial charge in [-0.1, -0.05) is 30.7 Å². The van der Waals surface area contributed by atoms with Crippen LogP contribution in [-0.4, -0.2) is 52.3 Å². The van der Waals surface area contributed by atoms with E-state index in [0.717, 1.165) is 36.5 Å². The average molecular weight is 688 g/mol. The van der Waals surface area contributed by atoms with Crippen molar-refractivity contribution in [2.24, 2.45) is 5.92 Å². The number of ether oxygens (including phenoxy) is 3. The first-order valence-electron chi connectivity index (χ1n) is 17.2. The Balaban J connectivity index is 0.938. The Kier molecular flexibility index (Phi) is 8.16. The standard InChI is InChI=1S/C39H37N5O7/c1-49-37-40-18-15-26(41-37)22-50-27-8-3-23(4-9-27)38(16-2-17-38)24-5-10-28(11-6-24)51-29-20-39(21-29,32-13-14-33(45)42-36(32)48)44-25-7-12-30-31(19-25)35(47)43-34(30)46/h3-12,15,18-19,29,32,44H,2,13-14,16-17,20-22H2,1H3,(H,42,45,48)(H,43,46,47). The minimum absolute atomic E-state index is 0.0736. The summed E-state index contributed by atoms with van der Waals surface area (Å²) in [7, 11) is 1.53. The number of nitrogens with zero attached hydrogens (tertiary/aromatic N) is 2. The topological polar surface area (TPSA) is 158 Å². The first-order chi connectivity index (χ1) is 24.7. The number of nitrogens with one attached hydrogen (secondary N) is 3. The number of piperidine rings is 1. The molecule has 0 bridgehead atoms. The maximum absolute atomic E-state index is 13.1. The van der Waals surface area contributed by atoms with E-state index in [2.05, 4.69) is 50.2 Å². The fourth-order valence-corrected chi connectivity index (χ4v) is 7.97. The van der Waals surface area contributed by atoms with Crippen LogP contribution in [0, 0.1) is 5.92 Å². The fourth-order valence-electron chi connectivity index (χ4n) is 7.97. The molecule has 8 rings (SSSR count). The van der Waals surface area contributed by atoms with Gasteiger partial charge in [0.15, 0.2) is 0 Å². The Hall–Kier alpha value is -5.78. The van der Waals surface area contributed by atoms with Crippen LogP contribution in [0.4, 0.5) is 5.69 Å². The van der Waals surface area contributed by atoms with Gasteiger partial charge < -0.3 is 19.5 Å². The number of rotatable bonds is 11. The van der Waals surface area contributed by atoms with E-state index in [4.69, 9.17) is 14.2 Å². The average Bonchev–Trinajstić information content (AvgIpc) is 3.39. The molecular weight excluding hydrogens is 650 g/mol. The summed E-state index contributed by atoms with van der Waals surface area (Å²) in [5.74, 6) is -0.423. The Morgan fingerprint density at radius 3 is 2.22 bits per heavy atom. The molecule has 2 aliphatic heterocycles. The molecule has 1 atom stereocenters. The van der Waals surface area contributed by atoms with E-state index < -0.39 is 23.3 Å². The van der Waals surface area contributed by atoms with Gasteiger partial charge in [0.1, 0.15) is 24.2 Å². The molecule has 12 nitrogen and oxygen atoms in total. The second-order valence-corrected chi connectivity index (χ2v) is 13.8. The zero-order valence-corrected chi connectivity index (χ0v) is 28.1. The smallest absolute Gasteiger partial charge is 0.316 e. The lowest BCUT2D eigenvalue weighted by Crippen LogP contribution is -2.64. The predicted octanol–water partition coefficient (Wildman–Crippen LogP) is 4.86. The lowest BCUT2D eigenvalue weighted by Gasteiger charge is -2.52. The van der Waals surface area contributed by atoms with E-state index in [-0.39, 0.29) is 29.8 Å². The number of benzene rings is 3. The van der Waals surface area contributed by atoms with Gasteiger partial charge in [0.2, 0.25) is 11.8 Å². The van der Waals surface area contributed by atoms with Crippen LogP contribution >= 0.6 is 0 Å². The van der Waals surface area contributed by atoms with Gasteiger partial charge >= 0.3 is 6.01 Å². The molecule has 3 aromatic carbocycles. The summed E-state index contributed by atoms with van der Waals surface area (Å²) in [5.41, 5.74) is 3.70. The van der Waals surface area contributed by atoms with E-state index in [9.17, 15) is 19.2 Å². The van der Waals surface area contributed by atoms with Crippen LogP contribution < -0.4 is 30.2 Å². The summed E-state index contributed by atoms with van der Waals surface area (Å²) in [6.07, 6.45) is 6.44. The van der Waals surface area contributed by atoms with Gasteiger partial charge in [-0.2, -0.15) is 4.98 Å². The zero-order chi connectivity index (χ0) is 35.2. The number of aromatic nitrogens is 2. The van der Waals surface area contributed by atoms with Gasteiger partial charge in [0.25, 0.3) is 11.8 Å². The van der Waals surface area contributed by atoms with Gasteiger partial charge in [-0.25, -0.2) is 4.98 Å². The summed E-state index contributed by atoms with van der Waals surface area (Å²) in [6, 6.07) is 23.7. The molecule has 3 N–H and O–H groups in total. The summed E-state index contributed by atoms with van der Waals surface area (Å²) in [5, 5.41) is 8.32. The number of fused-ring (bicyclic) bond motifs is 1. The molecule has 1 saturated heterocycles. The fraction of sp³-hybridized carbons (Fsp3) is 0.333. The van der Waals surface area contributed by atoms with Gasteiger partial charge in [0.05, 0.1) is 35.4 Å². The molecule has 2 saturated carbocycles. The highest BCUT2D eigenvalue weighted by molar-refractivity contribution is 6.21. The van der Waals surface area contributed by atoms with Crippen molar-refractivity contribution in [1.82, 2.24) is 20.6 Å². The first-order valence-corrected chi connectivity index (χ1v) is 17.2. The molecule has 3 heterocycles. The van der Waals surface area contributed by atoms with Crippen LogP contribution in [0.25, 0.3) is 0 Å². The third kappa shape index (κ3) is 6.04. The van der Waals surface area contributed by atoms with Crippen molar-refractivity contribution in [3.05, 3.63) is 107 Å². The minimum atomic E-state index is -0.684. The maximum Gasteiger partial charge on any atom is 0.316 e. The van der Waals surface area contributed by atoms with Crippen LogP contribution in [0.15, 0.2) is 79.0 Å². The minimum Gasteiger partial charge on any atom is -0.490 e. The van der Waals surface area contributed by atoms with Crippen molar-refractivity contribution in [3.8, 4) is 17.5 Å². The van der Waals surface area contributed by atoms with Gasteiger partial charge in [0, 0.05) is 36.6 Å². The molecule has 2 aliphatic carbocycles. The van der Waals surface area contributed by atoms with Gasteiger partial charge in [-0.15, -0.1) is 0 Å². The molecule has 4 amide bonds. The summed E-state index contributed by atoms with van der Waals surface area (Å²) in [4.78, 5) is 57.8. The molecule has 51 heavy (non-hydrogen) atoms. The van der Waals surface area contributed by atoms with Crippen molar-refractivity contribution in [2.75, 3.05) is 12.4 Å². The number of hydrogen-bond acceptors (Lipinski definition) is 10. The molecule has 260 valence electrons. The number of imide groups is 2. The quantitative estimate of drug-likeness (QED) is 0.186. The number of anilines is 1. The molecule has 0 spiro atoms. The number of carbonyl (C=O) groups is 4. The van der Waals surface area contributed by atoms with Crippen molar-refractivity contribution >= 4 is 29.3 Å². The van der Waals surface area contributed by atoms with Crippen LogP contribution in [0.2, 0.25) is 0 Å². The predicted molar refractivity (Wildman–Crippen MR) is 185 cm³/mol. The number of carbonyl (C=O) groups excluding carboxylic acids is 4. The highest BCUT2D eigenvalue weighted by Gasteiger charge is 2.55. The Morgan fingerprint density at radius 2 is 1.55 bits per heavy atom. The highest BCUT2D eigenvalue weighted by Crippen LogP contribution is 2.50. The second kappa shape index (κ2) is 12.8. The number of amides is 4. The molecule has 4 aliphatic rings. The largest absolute Gasteiger partial charge is 0.490 e. The molecule has 0 radical (unpaired) electrons. The molecule has 1 aromatic heterocycles. The van der Waals surface area contributed by atoms with Crippen LogP contribution in [0.1, 0.15) is 82.5 Å². The van der Waals surface area contributed by atoms with Crippen molar-refractivity contribution < 1.29 is 33.4 Å². The van der Waals surface area contributed by atoms with E-state index in [1.807, 2.05) is 24.3 Å². The van der Waals surface area contributed by atoms with Crippen molar-refractivity contribution in [3.63, 3.8) is 0 Å². The highest BCUT2D eigenvalue weighted by atomic mass is 16.5. The second-order valence-electron chi connectivity index (χ2n) is 13.8. The van der Waals surface area contributed by atoms with Gasteiger partial charge in [-0.3, -0.25) is 29.8 Å². The Bertz CT molecular complexity index is 2020. The SMILES string of the molecule is COc1nccc(COc2ccc(C3(c4ccc(OC5CC(Nc6ccc7c(c6)C(=O)NC7=O)(C6CCC(=O)NC6=O)C5)cc4)CCC3)cc2)n1. The number of methoxy groups -OCH3 is 1. The third-order valence-corrected chi connectivity index (χ3v) is 10.8. The lowest BCUT2D eigenvalue weighted by molar-refractivity contribution is -0.140. The molecule has 4 aromatic rings. The van der Waals surface area contributed by atoms with Crippen LogP contribution in [-0.2, 0) is 21.6 Å². The van der Waals surface area contributed by atoms with E-state index in [0.29, 0.717) is 48.7 Å². The Labute approximate surface area is 294 Å². The van der Waals surface area contributed by atoms with Crippen LogP contribution in [0.5, 0.6) is 17.5 Å². The zero-order valence-electron chi connectivity index (χ0n) is 28.1. The van der Waals surface area contributed by atoms with Crippen molar-refractivity contribution in [1.29, 1.82) is 0 Å². The lowest BCUT2D eigenvalue weighted by atomic mass is 9.60. The Morgan fingerprint density at radius 1 is 0.843 bits per heavy atom. The van der Waals surface area contributed by atoms with E-state index in [1.165, 1.54) is 18.2 Å². The molecule has 3 fully saturated rings. The summed E-state index contributed by atoms with van der Waals surface area (Å²) >= 11 is 0. The monoisotopic (exact) mass is 687 g/mol. The molecule has 1 unspecified atom stereocenters. The van der Waals surface area contributed by atoms with Crippen LogP contribution in [0.3, 0.4) is 0 Å². The third-order valence-electron chi connectivity index (χ3n) is 10.8. The normalized spacial score (nSPS) is 23.2. The number of hydrogen-bond donors (Lipinski definition) is 3. The first kappa shape index (κ1) is 32.4. The van der Waals surface area contributed by atoms with Crippen molar-refractivity contribution in [2.45, 2.75) is 68.6 Å². The van der Waals surface area contributed by atoms with E-state index >= 15 is 0 Å². The maximum atomic E-state index is 13.1. The molecular formula is C39H37N5O7. The summed E-state index contributed by atoms with van der Waals surface area (Å²) < 4.78 is 17.5. The molecule has 12 heteroatoms.